The first kappa shape index (κ1) is 15.8. The maximum atomic E-state index is 12.4. The molecule has 1 aliphatic rings. The SMILES string of the molecule is COc1ccccc1C(=O)NCc1ccc2[nH]c3c(c2c1)CCCC3. The van der Waals surface area contributed by atoms with Gasteiger partial charge in [0, 0.05) is 23.1 Å². The maximum absolute atomic E-state index is 12.4. The van der Waals surface area contributed by atoms with E-state index < -0.39 is 0 Å². The largest absolute Gasteiger partial charge is 0.496 e. The van der Waals surface area contributed by atoms with Gasteiger partial charge in [-0.2, -0.15) is 0 Å². The summed E-state index contributed by atoms with van der Waals surface area (Å²) in [4.78, 5) is 16.0. The van der Waals surface area contributed by atoms with Crippen LogP contribution in [0.3, 0.4) is 0 Å². The van der Waals surface area contributed by atoms with Gasteiger partial charge in [0.2, 0.25) is 0 Å². The van der Waals surface area contributed by atoms with Gasteiger partial charge in [0.15, 0.2) is 0 Å². The average Bonchev–Trinajstić information content (AvgIpc) is 3.04. The summed E-state index contributed by atoms with van der Waals surface area (Å²) in [6.45, 7) is 0.507. The van der Waals surface area contributed by atoms with E-state index in [4.69, 9.17) is 4.74 Å². The number of carbonyl (C=O) groups is 1. The highest BCUT2D eigenvalue weighted by molar-refractivity contribution is 5.97. The number of hydrogen-bond donors (Lipinski definition) is 2. The van der Waals surface area contributed by atoms with Gasteiger partial charge >= 0.3 is 0 Å². The molecule has 0 bridgehead atoms. The molecule has 0 aliphatic heterocycles. The minimum Gasteiger partial charge on any atom is -0.496 e. The molecule has 4 heteroatoms. The van der Waals surface area contributed by atoms with Gasteiger partial charge in [-0.3, -0.25) is 4.79 Å². The molecule has 0 fully saturated rings. The molecule has 128 valence electrons. The van der Waals surface area contributed by atoms with E-state index in [-0.39, 0.29) is 5.91 Å². The van der Waals surface area contributed by atoms with Gasteiger partial charge in [0.1, 0.15) is 5.75 Å². The first-order valence-electron chi connectivity index (χ1n) is 8.80. The first-order valence-corrected chi connectivity index (χ1v) is 8.80. The molecule has 25 heavy (non-hydrogen) atoms. The Labute approximate surface area is 147 Å². The molecule has 2 aromatic carbocycles. The summed E-state index contributed by atoms with van der Waals surface area (Å²) in [5.74, 6) is 0.476. The van der Waals surface area contributed by atoms with Gasteiger partial charge < -0.3 is 15.0 Å². The predicted molar refractivity (Wildman–Crippen MR) is 99.1 cm³/mol. The zero-order valence-corrected chi connectivity index (χ0v) is 14.4. The number of carbonyl (C=O) groups excluding carboxylic acids is 1. The minimum atomic E-state index is -0.117. The third-order valence-electron chi connectivity index (χ3n) is 4.97. The predicted octanol–water partition coefficient (Wildman–Crippen LogP) is 3.99. The lowest BCUT2D eigenvalue weighted by Gasteiger charge is -2.11. The first-order chi connectivity index (χ1) is 12.3. The Morgan fingerprint density at radius 2 is 2.00 bits per heavy atom. The van der Waals surface area contributed by atoms with Crippen LogP contribution in [0, 0.1) is 0 Å². The Kier molecular flexibility index (Phi) is 4.18. The van der Waals surface area contributed by atoms with Crippen molar-refractivity contribution in [2.75, 3.05) is 7.11 Å². The number of aryl methyl sites for hydroxylation is 2. The third kappa shape index (κ3) is 3.00. The fourth-order valence-corrected chi connectivity index (χ4v) is 3.67. The van der Waals surface area contributed by atoms with E-state index in [0.29, 0.717) is 17.9 Å². The van der Waals surface area contributed by atoms with E-state index in [2.05, 4.69) is 28.5 Å². The molecule has 1 heterocycles. The molecule has 0 atom stereocenters. The van der Waals surface area contributed by atoms with E-state index in [1.54, 1.807) is 19.2 Å². The lowest BCUT2D eigenvalue weighted by molar-refractivity contribution is 0.0948. The topological polar surface area (TPSA) is 54.1 Å². The van der Waals surface area contributed by atoms with Gasteiger partial charge in [0.05, 0.1) is 12.7 Å². The maximum Gasteiger partial charge on any atom is 0.255 e. The fraction of sp³-hybridized carbons (Fsp3) is 0.286. The molecule has 1 aromatic heterocycles. The molecule has 0 unspecified atom stereocenters. The van der Waals surface area contributed by atoms with E-state index in [1.165, 1.54) is 35.0 Å². The van der Waals surface area contributed by atoms with E-state index in [9.17, 15) is 4.79 Å². The number of nitrogens with one attached hydrogen (secondary N) is 2. The van der Waals surface area contributed by atoms with Crippen molar-refractivity contribution in [2.24, 2.45) is 0 Å². The summed E-state index contributed by atoms with van der Waals surface area (Å²) in [5, 5.41) is 4.30. The molecule has 1 amide bonds. The van der Waals surface area contributed by atoms with Crippen molar-refractivity contribution in [2.45, 2.75) is 32.2 Å². The zero-order valence-electron chi connectivity index (χ0n) is 14.4. The minimum absolute atomic E-state index is 0.117. The monoisotopic (exact) mass is 334 g/mol. The van der Waals surface area contributed by atoms with Gasteiger partial charge in [-0.05, 0) is 61.1 Å². The summed E-state index contributed by atoms with van der Waals surface area (Å²) < 4.78 is 5.26. The van der Waals surface area contributed by atoms with Crippen LogP contribution in [0.25, 0.3) is 10.9 Å². The number of benzene rings is 2. The Morgan fingerprint density at radius 1 is 1.16 bits per heavy atom. The molecule has 3 aromatic rings. The number of ether oxygens (including phenoxy) is 1. The van der Waals surface area contributed by atoms with Crippen LogP contribution in [0.1, 0.15) is 40.0 Å². The summed E-state index contributed by atoms with van der Waals surface area (Å²) >= 11 is 0. The van der Waals surface area contributed by atoms with Crippen molar-refractivity contribution in [3.05, 3.63) is 64.8 Å². The average molecular weight is 334 g/mol. The second kappa shape index (κ2) is 6.63. The second-order valence-electron chi connectivity index (χ2n) is 6.55. The summed E-state index contributed by atoms with van der Waals surface area (Å²) in [5.41, 5.74) is 5.72. The summed E-state index contributed by atoms with van der Waals surface area (Å²) in [7, 11) is 1.58. The highest BCUT2D eigenvalue weighted by atomic mass is 16.5. The van der Waals surface area contributed by atoms with Crippen molar-refractivity contribution in [3.8, 4) is 5.75 Å². The lowest BCUT2D eigenvalue weighted by Crippen LogP contribution is -2.23. The third-order valence-corrected chi connectivity index (χ3v) is 4.97. The molecule has 0 saturated carbocycles. The molecule has 1 aliphatic carbocycles. The van der Waals surface area contributed by atoms with Crippen LogP contribution < -0.4 is 10.1 Å². The van der Waals surface area contributed by atoms with Crippen LogP contribution in [0.4, 0.5) is 0 Å². The van der Waals surface area contributed by atoms with Crippen LogP contribution in [0.15, 0.2) is 42.5 Å². The number of aromatic amines is 1. The van der Waals surface area contributed by atoms with Gasteiger partial charge in [-0.25, -0.2) is 0 Å². The summed E-state index contributed by atoms with van der Waals surface area (Å²) in [6.07, 6.45) is 4.81. The number of rotatable bonds is 4. The van der Waals surface area contributed by atoms with Crippen LogP contribution in [0.5, 0.6) is 5.75 Å². The number of H-pyrrole nitrogens is 1. The Hall–Kier alpha value is -2.75. The highest BCUT2D eigenvalue weighted by Crippen LogP contribution is 2.29. The van der Waals surface area contributed by atoms with Gasteiger partial charge in [-0.15, -0.1) is 0 Å². The normalized spacial score (nSPS) is 13.5. The molecule has 4 nitrogen and oxygen atoms in total. The van der Waals surface area contributed by atoms with Gasteiger partial charge in [0.25, 0.3) is 5.91 Å². The molecular formula is C21H22N2O2. The van der Waals surface area contributed by atoms with Crippen molar-refractivity contribution < 1.29 is 9.53 Å². The standard InChI is InChI=1S/C21H22N2O2/c1-25-20-9-5-3-7-16(20)21(24)22-13-14-10-11-19-17(12-14)15-6-2-4-8-18(15)23-19/h3,5,7,9-12,23H,2,4,6,8,13H2,1H3,(H,22,24). The lowest BCUT2D eigenvalue weighted by atomic mass is 9.95. The van der Waals surface area contributed by atoms with Crippen molar-refractivity contribution in [1.82, 2.24) is 10.3 Å². The fourth-order valence-electron chi connectivity index (χ4n) is 3.67. The molecule has 0 spiro atoms. The van der Waals surface area contributed by atoms with Crippen molar-refractivity contribution >= 4 is 16.8 Å². The van der Waals surface area contributed by atoms with Crippen LogP contribution in [0.2, 0.25) is 0 Å². The van der Waals surface area contributed by atoms with Gasteiger partial charge in [-0.1, -0.05) is 18.2 Å². The molecular weight excluding hydrogens is 312 g/mol. The van der Waals surface area contributed by atoms with E-state index in [1.807, 2.05) is 12.1 Å². The van der Waals surface area contributed by atoms with Crippen molar-refractivity contribution in [3.63, 3.8) is 0 Å². The van der Waals surface area contributed by atoms with E-state index >= 15 is 0 Å². The number of para-hydroxylation sites is 1. The number of fused-ring (bicyclic) bond motifs is 3. The Morgan fingerprint density at radius 3 is 2.88 bits per heavy atom. The molecule has 0 radical (unpaired) electrons. The number of amides is 1. The molecule has 0 saturated heterocycles. The second-order valence-corrected chi connectivity index (χ2v) is 6.55. The van der Waals surface area contributed by atoms with Crippen LogP contribution in [-0.2, 0) is 19.4 Å². The van der Waals surface area contributed by atoms with E-state index in [0.717, 1.165) is 18.4 Å². The Bertz CT molecular complexity index is 927. The Balaban J connectivity index is 1.54. The zero-order chi connectivity index (χ0) is 17.2. The van der Waals surface area contributed by atoms with Crippen LogP contribution >= 0.6 is 0 Å². The molecule has 4 rings (SSSR count). The number of hydrogen-bond acceptors (Lipinski definition) is 2. The number of methoxy groups -OCH3 is 1. The smallest absolute Gasteiger partial charge is 0.255 e. The number of aromatic nitrogens is 1. The summed E-state index contributed by atoms with van der Waals surface area (Å²) in [6, 6.07) is 13.7. The van der Waals surface area contributed by atoms with Crippen LogP contribution in [-0.4, -0.2) is 18.0 Å². The van der Waals surface area contributed by atoms with Crippen molar-refractivity contribution in [1.29, 1.82) is 0 Å². The highest BCUT2D eigenvalue weighted by Gasteiger charge is 2.16. The quantitative estimate of drug-likeness (QED) is 0.758. The molecule has 2 N–H and O–H groups in total.